The van der Waals surface area contributed by atoms with Crippen molar-refractivity contribution in [1.82, 2.24) is 14.5 Å². The van der Waals surface area contributed by atoms with Gasteiger partial charge < -0.3 is 24.3 Å². The molecule has 0 spiro atoms. The Bertz CT molecular complexity index is 1750. The van der Waals surface area contributed by atoms with Crippen molar-refractivity contribution < 1.29 is 29.3 Å². The first-order valence-corrected chi connectivity index (χ1v) is 14.0. The van der Waals surface area contributed by atoms with Crippen LogP contribution in [0.4, 0.5) is 5.82 Å². The lowest BCUT2D eigenvalue weighted by Crippen LogP contribution is -2.36. The monoisotopic (exact) mass is 620 g/mol. The molecule has 5 atom stereocenters. The maximum Gasteiger partial charge on any atom is 0.338 e. The first-order chi connectivity index (χ1) is 20.9. The van der Waals surface area contributed by atoms with Crippen LogP contribution >= 0.6 is 23.2 Å². The van der Waals surface area contributed by atoms with Crippen molar-refractivity contribution in [1.29, 1.82) is 0 Å². The van der Waals surface area contributed by atoms with Crippen molar-refractivity contribution in [3.05, 3.63) is 113 Å². The fourth-order valence-corrected chi connectivity index (χ4v) is 5.45. The molecule has 1 aliphatic heterocycles. The molecule has 1 saturated heterocycles. The predicted molar refractivity (Wildman–Crippen MR) is 161 cm³/mol. The Hall–Kier alpha value is -4.03. The maximum atomic E-state index is 13.4. The van der Waals surface area contributed by atoms with Crippen molar-refractivity contribution in [2.45, 2.75) is 30.6 Å². The standard InChI is InChI=1S/C31H26Cl2N4O6/c1-41-36-28-21-13-14-37(29(21)35-16-34-28)30-25(39)24(38)27(42-30)26(20-11-12-22(32)23(33)15-20)43-31(40)19-9-7-18(8-10-19)17-5-3-2-4-6-17/h2-16,24-27,30,38-39H,1H3,(H,34,35,36)/t24-,25+,26+,27-,30+/m0/s1. The van der Waals surface area contributed by atoms with Gasteiger partial charge >= 0.3 is 5.97 Å². The van der Waals surface area contributed by atoms with Gasteiger partial charge in [-0.25, -0.2) is 20.2 Å². The highest BCUT2D eigenvalue weighted by Gasteiger charge is 2.49. The Balaban J connectivity index is 1.31. The molecule has 3 heterocycles. The van der Waals surface area contributed by atoms with Crippen LogP contribution in [0.1, 0.15) is 28.3 Å². The normalized spacial score (nSPS) is 20.7. The largest absolute Gasteiger partial charge is 0.451 e. The smallest absolute Gasteiger partial charge is 0.338 e. The number of aliphatic hydroxyl groups is 2. The Morgan fingerprint density at radius 3 is 2.42 bits per heavy atom. The van der Waals surface area contributed by atoms with Crippen LogP contribution in [0.25, 0.3) is 22.2 Å². The lowest BCUT2D eigenvalue weighted by Gasteiger charge is -2.26. The molecule has 12 heteroatoms. The van der Waals surface area contributed by atoms with Crippen LogP contribution in [0.2, 0.25) is 10.0 Å². The number of anilines is 1. The van der Waals surface area contributed by atoms with Crippen molar-refractivity contribution in [2.24, 2.45) is 0 Å². The average molecular weight is 621 g/mol. The first kappa shape index (κ1) is 29.1. The minimum atomic E-state index is -1.45. The molecule has 2 aromatic heterocycles. The molecule has 0 aliphatic carbocycles. The van der Waals surface area contributed by atoms with Crippen molar-refractivity contribution in [3.63, 3.8) is 0 Å². The molecule has 1 aliphatic rings. The summed E-state index contributed by atoms with van der Waals surface area (Å²) >= 11 is 12.5. The lowest BCUT2D eigenvalue weighted by atomic mass is 9.98. The molecule has 10 nitrogen and oxygen atoms in total. The van der Waals surface area contributed by atoms with E-state index in [0.717, 1.165) is 11.1 Å². The zero-order valence-corrected chi connectivity index (χ0v) is 24.2. The summed E-state index contributed by atoms with van der Waals surface area (Å²) in [5, 5.41) is 23.5. The van der Waals surface area contributed by atoms with Gasteiger partial charge in [-0.15, -0.1) is 0 Å². The summed E-state index contributed by atoms with van der Waals surface area (Å²) in [6.45, 7) is 0. The Morgan fingerprint density at radius 2 is 1.70 bits per heavy atom. The number of hydrogen-bond acceptors (Lipinski definition) is 9. The van der Waals surface area contributed by atoms with Gasteiger partial charge in [0.05, 0.1) is 28.1 Å². The van der Waals surface area contributed by atoms with Crippen LogP contribution in [0.15, 0.2) is 91.4 Å². The van der Waals surface area contributed by atoms with Crippen LogP contribution in [0.3, 0.4) is 0 Å². The molecule has 0 bridgehead atoms. The van der Waals surface area contributed by atoms with E-state index in [1.807, 2.05) is 42.5 Å². The van der Waals surface area contributed by atoms with Crippen LogP contribution in [-0.2, 0) is 14.3 Å². The van der Waals surface area contributed by atoms with Gasteiger partial charge in [0.1, 0.15) is 30.3 Å². The van der Waals surface area contributed by atoms with E-state index in [2.05, 4.69) is 15.4 Å². The van der Waals surface area contributed by atoms with Gasteiger partial charge in [0.25, 0.3) is 0 Å². The molecule has 0 unspecified atom stereocenters. The summed E-state index contributed by atoms with van der Waals surface area (Å²) in [5.74, 6) is -0.240. The minimum Gasteiger partial charge on any atom is -0.451 e. The second-order valence-electron chi connectivity index (χ2n) is 9.90. The van der Waals surface area contributed by atoms with E-state index in [1.54, 1.807) is 41.1 Å². The van der Waals surface area contributed by atoms with E-state index < -0.39 is 36.6 Å². The summed E-state index contributed by atoms with van der Waals surface area (Å²) in [5.41, 5.74) is 5.77. The molecule has 0 saturated carbocycles. The third kappa shape index (κ3) is 5.68. The summed E-state index contributed by atoms with van der Waals surface area (Å²) in [7, 11) is 1.46. The fraction of sp³-hybridized carbons (Fsp3) is 0.194. The number of carbonyl (C=O) groups is 1. The number of rotatable bonds is 8. The number of esters is 1. The molecule has 0 amide bonds. The van der Waals surface area contributed by atoms with E-state index in [1.165, 1.54) is 19.5 Å². The van der Waals surface area contributed by atoms with Gasteiger partial charge in [0, 0.05) is 6.20 Å². The second-order valence-corrected chi connectivity index (χ2v) is 10.7. The number of aliphatic hydroxyl groups excluding tert-OH is 2. The summed E-state index contributed by atoms with van der Waals surface area (Å²) in [6, 6.07) is 23.2. The zero-order chi connectivity index (χ0) is 30.1. The number of carbonyl (C=O) groups excluding carboxylic acids is 1. The molecule has 220 valence electrons. The molecular weight excluding hydrogens is 595 g/mol. The number of halogens is 2. The van der Waals surface area contributed by atoms with Gasteiger partial charge in [-0.05, 0) is 47.0 Å². The average Bonchev–Trinajstić information content (AvgIpc) is 3.59. The number of aromatic nitrogens is 3. The highest BCUT2D eigenvalue weighted by atomic mass is 35.5. The van der Waals surface area contributed by atoms with E-state index in [-0.39, 0.29) is 5.02 Å². The highest BCUT2D eigenvalue weighted by Crippen LogP contribution is 2.41. The highest BCUT2D eigenvalue weighted by molar-refractivity contribution is 6.42. The number of hydrogen-bond donors (Lipinski definition) is 3. The predicted octanol–water partition coefficient (Wildman–Crippen LogP) is 5.60. The lowest BCUT2D eigenvalue weighted by molar-refractivity contribution is -0.0916. The quantitative estimate of drug-likeness (QED) is 0.150. The number of benzene rings is 3. The molecule has 6 rings (SSSR count). The van der Waals surface area contributed by atoms with Crippen molar-refractivity contribution in [2.75, 3.05) is 12.6 Å². The van der Waals surface area contributed by atoms with E-state index in [4.69, 9.17) is 37.5 Å². The zero-order valence-electron chi connectivity index (χ0n) is 22.7. The molecule has 43 heavy (non-hydrogen) atoms. The summed E-state index contributed by atoms with van der Waals surface area (Å²) in [6.07, 6.45) is -3.28. The van der Waals surface area contributed by atoms with Crippen molar-refractivity contribution >= 4 is 46.0 Å². The van der Waals surface area contributed by atoms with E-state index in [9.17, 15) is 15.0 Å². The maximum absolute atomic E-state index is 13.4. The third-order valence-corrected chi connectivity index (χ3v) is 8.03. The Labute approximate surface area is 256 Å². The van der Waals surface area contributed by atoms with Gasteiger partial charge in [-0.3, -0.25) is 4.84 Å². The van der Waals surface area contributed by atoms with Gasteiger partial charge in [-0.2, -0.15) is 0 Å². The van der Waals surface area contributed by atoms with Gasteiger partial charge in [-0.1, -0.05) is 71.7 Å². The molecule has 3 N–H and O–H groups in total. The number of nitrogens with zero attached hydrogens (tertiary/aromatic N) is 3. The Kier molecular flexibility index (Phi) is 8.31. The van der Waals surface area contributed by atoms with E-state index >= 15 is 0 Å². The number of fused-ring (bicyclic) bond motifs is 1. The topological polar surface area (TPSA) is 128 Å². The van der Waals surface area contributed by atoms with Crippen LogP contribution < -0.4 is 5.48 Å². The molecule has 1 fully saturated rings. The van der Waals surface area contributed by atoms with Gasteiger partial charge in [0.2, 0.25) is 0 Å². The summed E-state index contributed by atoms with van der Waals surface area (Å²) < 4.78 is 13.8. The SMILES string of the molecule is CONc1ncnc2c1ccn2[C@@H]1O[C@H]([C@H](OC(=O)c2ccc(-c3ccccc3)cc2)c2ccc(Cl)c(Cl)c2)[C@@H](O)[C@H]1O. The Morgan fingerprint density at radius 1 is 0.953 bits per heavy atom. The van der Waals surface area contributed by atoms with Crippen molar-refractivity contribution in [3.8, 4) is 11.1 Å². The molecule has 3 aromatic carbocycles. The van der Waals surface area contributed by atoms with Crippen LogP contribution in [-0.4, -0.2) is 56.1 Å². The van der Waals surface area contributed by atoms with E-state index in [0.29, 0.717) is 33.0 Å². The summed E-state index contributed by atoms with van der Waals surface area (Å²) in [4.78, 5) is 26.9. The molecule has 5 aromatic rings. The number of ether oxygens (including phenoxy) is 2. The third-order valence-electron chi connectivity index (χ3n) is 7.29. The number of nitrogens with one attached hydrogen (secondary N) is 1. The fourth-order valence-electron chi connectivity index (χ4n) is 5.15. The van der Waals surface area contributed by atoms with Crippen LogP contribution in [0, 0.1) is 0 Å². The van der Waals surface area contributed by atoms with Crippen LogP contribution in [0.5, 0.6) is 0 Å². The molecular formula is C31H26Cl2N4O6. The second kappa shape index (κ2) is 12.3. The first-order valence-electron chi connectivity index (χ1n) is 13.3. The van der Waals surface area contributed by atoms with Gasteiger partial charge in [0.15, 0.2) is 18.1 Å². The minimum absolute atomic E-state index is 0.225. The molecule has 0 radical (unpaired) electrons.